The maximum atomic E-state index is 5.97. The molecule has 0 aliphatic heterocycles. The molecular weight excluding hydrogens is 234 g/mol. The number of hydrogen-bond donors (Lipinski definition) is 1. The topological polar surface area (TPSA) is 51.8 Å². The van der Waals surface area contributed by atoms with Gasteiger partial charge in [-0.2, -0.15) is 0 Å². The highest BCUT2D eigenvalue weighted by Gasteiger charge is 2.10. The van der Waals surface area contributed by atoms with E-state index in [1.807, 2.05) is 0 Å². The van der Waals surface area contributed by atoms with Crippen molar-refractivity contribution in [2.24, 2.45) is 0 Å². The predicted molar refractivity (Wildman–Crippen MR) is 79.9 cm³/mol. The molecule has 1 aromatic heterocycles. The molecule has 1 heterocycles. The van der Waals surface area contributed by atoms with E-state index in [2.05, 4.69) is 48.1 Å². The minimum Gasteiger partial charge on any atom is -0.383 e. The van der Waals surface area contributed by atoms with Gasteiger partial charge in [-0.05, 0) is 18.4 Å². The number of rotatable bonds is 5. The SMILES string of the molecule is CCCc1ccc(-c2ncnc(N)c2CCC)cc1. The second kappa shape index (κ2) is 6.32. The third-order valence-electron chi connectivity index (χ3n) is 3.24. The molecule has 0 fully saturated rings. The van der Waals surface area contributed by atoms with Crippen molar-refractivity contribution in [1.82, 2.24) is 9.97 Å². The van der Waals surface area contributed by atoms with Gasteiger partial charge in [-0.3, -0.25) is 0 Å². The van der Waals surface area contributed by atoms with Crippen molar-refractivity contribution in [3.8, 4) is 11.3 Å². The van der Waals surface area contributed by atoms with Gasteiger partial charge in [0.25, 0.3) is 0 Å². The lowest BCUT2D eigenvalue weighted by Gasteiger charge is -2.10. The van der Waals surface area contributed by atoms with E-state index in [-0.39, 0.29) is 0 Å². The first kappa shape index (κ1) is 13.5. The summed E-state index contributed by atoms with van der Waals surface area (Å²) in [6.07, 6.45) is 5.79. The Hall–Kier alpha value is -1.90. The predicted octanol–water partition coefficient (Wildman–Crippen LogP) is 3.63. The van der Waals surface area contributed by atoms with Gasteiger partial charge < -0.3 is 5.73 Å². The van der Waals surface area contributed by atoms with Crippen LogP contribution in [0.1, 0.15) is 37.8 Å². The van der Waals surface area contributed by atoms with Gasteiger partial charge >= 0.3 is 0 Å². The molecule has 0 saturated carbocycles. The Labute approximate surface area is 114 Å². The quantitative estimate of drug-likeness (QED) is 0.887. The van der Waals surface area contributed by atoms with E-state index >= 15 is 0 Å². The van der Waals surface area contributed by atoms with Crippen molar-refractivity contribution in [3.63, 3.8) is 0 Å². The van der Waals surface area contributed by atoms with Gasteiger partial charge in [-0.25, -0.2) is 9.97 Å². The van der Waals surface area contributed by atoms with Crippen LogP contribution in [0.2, 0.25) is 0 Å². The van der Waals surface area contributed by atoms with E-state index in [0.717, 1.165) is 36.1 Å². The molecule has 19 heavy (non-hydrogen) atoms. The van der Waals surface area contributed by atoms with Crippen LogP contribution in [-0.2, 0) is 12.8 Å². The summed E-state index contributed by atoms with van der Waals surface area (Å²) in [6, 6.07) is 8.61. The van der Waals surface area contributed by atoms with E-state index in [9.17, 15) is 0 Å². The molecule has 2 N–H and O–H groups in total. The normalized spacial score (nSPS) is 10.6. The molecule has 0 bridgehead atoms. The van der Waals surface area contributed by atoms with E-state index < -0.39 is 0 Å². The Morgan fingerprint density at radius 2 is 1.63 bits per heavy atom. The molecule has 0 amide bonds. The summed E-state index contributed by atoms with van der Waals surface area (Å²) in [4.78, 5) is 8.51. The Morgan fingerprint density at radius 1 is 0.947 bits per heavy atom. The summed E-state index contributed by atoms with van der Waals surface area (Å²) in [7, 11) is 0. The minimum atomic E-state index is 0.601. The average molecular weight is 255 g/mol. The van der Waals surface area contributed by atoms with Crippen LogP contribution in [0.25, 0.3) is 11.3 Å². The first-order chi connectivity index (χ1) is 9.26. The molecule has 0 aliphatic carbocycles. The highest BCUT2D eigenvalue weighted by atomic mass is 14.9. The molecule has 1 aromatic carbocycles. The van der Waals surface area contributed by atoms with E-state index in [1.54, 1.807) is 6.33 Å². The van der Waals surface area contributed by atoms with Gasteiger partial charge in [0.05, 0.1) is 5.69 Å². The zero-order valence-electron chi connectivity index (χ0n) is 11.7. The molecule has 0 unspecified atom stereocenters. The van der Waals surface area contributed by atoms with Crippen LogP contribution in [0, 0.1) is 0 Å². The van der Waals surface area contributed by atoms with Crippen molar-refractivity contribution in [2.45, 2.75) is 39.5 Å². The molecule has 2 aromatic rings. The number of nitrogens with zero attached hydrogens (tertiary/aromatic N) is 2. The number of hydrogen-bond acceptors (Lipinski definition) is 3. The van der Waals surface area contributed by atoms with E-state index in [4.69, 9.17) is 5.73 Å². The standard InChI is InChI=1S/C16H21N3/c1-3-5-12-7-9-13(10-8-12)15-14(6-4-2)16(17)19-11-18-15/h7-11H,3-6H2,1-2H3,(H2,17,18,19). The van der Waals surface area contributed by atoms with E-state index in [0.29, 0.717) is 5.82 Å². The zero-order valence-corrected chi connectivity index (χ0v) is 11.7. The van der Waals surface area contributed by atoms with Gasteiger partial charge in [0.15, 0.2) is 0 Å². The molecule has 2 rings (SSSR count). The first-order valence-electron chi connectivity index (χ1n) is 6.94. The van der Waals surface area contributed by atoms with Crippen molar-refractivity contribution in [2.75, 3.05) is 5.73 Å². The maximum Gasteiger partial charge on any atom is 0.130 e. The van der Waals surface area contributed by atoms with Crippen LogP contribution in [-0.4, -0.2) is 9.97 Å². The lowest BCUT2D eigenvalue weighted by Crippen LogP contribution is -2.02. The molecule has 0 radical (unpaired) electrons. The Balaban J connectivity index is 2.38. The summed E-state index contributed by atoms with van der Waals surface area (Å²) in [5.74, 6) is 0.601. The molecule has 3 nitrogen and oxygen atoms in total. The highest BCUT2D eigenvalue weighted by molar-refractivity contribution is 5.67. The number of nitrogens with two attached hydrogens (primary N) is 1. The Kier molecular flexibility index (Phi) is 4.50. The number of nitrogen functional groups attached to an aromatic ring is 1. The fourth-order valence-electron chi connectivity index (χ4n) is 2.29. The van der Waals surface area contributed by atoms with Crippen molar-refractivity contribution >= 4 is 5.82 Å². The summed E-state index contributed by atoms with van der Waals surface area (Å²) in [5, 5.41) is 0. The Bertz CT molecular complexity index is 532. The maximum absolute atomic E-state index is 5.97. The number of anilines is 1. The first-order valence-corrected chi connectivity index (χ1v) is 6.94. The van der Waals surface area contributed by atoms with Crippen LogP contribution < -0.4 is 5.73 Å². The van der Waals surface area contributed by atoms with Crippen LogP contribution >= 0.6 is 0 Å². The van der Waals surface area contributed by atoms with E-state index in [1.165, 1.54) is 12.0 Å². The second-order valence-electron chi connectivity index (χ2n) is 4.78. The summed E-state index contributed by atoms with van der Waals surface area (Å²) < 4.78 is 0. The lowest BCUT2D eigenvalue weighted by molar-refractivity contribution is 0.907. The lowest BCUT2D eigenvalue weighted by atomic mass is 10.0. The number of aromatic nitrogens is 2. The van der Waals surface area contributed by atoms with Gasteiger partial charge in [0, 0.05) is 11.1 Å². The summed E-state index contributed by atoms with van der Waals surface area (Å²) >= 11 is 0. The summed E-state index contributed by atoms with van der Waals surface area (Å²) in [5.41, 5.74) is 10.5. The smallest absolute Gasteiger partial charge is 0.130 e. The molecule has 0 aliphatic rings. The van der Waals surface area contributed by atoms with Gasteiger partial charge in [-0.15, -0.1) is 0 Å². The molecule has 0 saturated heterocycles. The second-order valence-corrected chi connectivity index (χ2v) is 4.78. The summed E-state index contributed by atoms with van der Waals surface area (Å²) in [6.45, 7) is 4.33. The fourth-order valence-corrected chi connectivity index (χ4v) is 2.29. The molecule has 0 spiro atoms. The monoisotopic (exact) mass is 255 g/mol. The number of aryl methyl sites for hydroxylation is 1. The number of benzene rings is 1. The van der Waals surface area contributed by atoms with Gasteiger partial charge in [0.2, 0.25) is 0 Å². The van der Waals surface area contributed by atoms with Crippen LogP contribution in [0.5, 0.6) is 0 Å². The minimum absolute atomic E-state index is 0.601. The van der Waals surface area contributed by atoms with Crippen LogP contribution in [0.15, 0.2) is 30.6 Å². The zero-order chi connectivity index (χ0) is 13.7. The third-order valence-corrected chi connectivity index (χ3v) is 3.24. The molecule has 3 heteroatoms. The van der Waals surface area contributed by atoms with Crippen LogP contribution in [0.3, 0.4) is 0 Å². The van der Waals surface area contributed by atoms with Crippen molar-refractivity contribution < 1.29 is 0 Å². The molecule has 100 valence electrons. The average Bonchev–Trinajstić information content (AvgIpc) is 2.43. The van der Waals surface area contributed by atoms with Crippen molar-refractivity contribution in [3.05, 3.63) is 41.7 Å². The van der Waals surface area contributed by atoms with Gasteiger partial charge in [0.1, 0.15) is 12.1 Å². The fraction of sp³-hybridized carbons (Fsp3) is 0.375. The largest absolute Gasteiger partial charge is 0.383 e. The Morgan fingerprint density at radius 3 is 2.26 bits per heavy atom. The molecular formula is C16H21N3. The van der Waals surface area contributed by atoms with Gasteiger partial charge in [-0.1, -0.05) is 51.0 Å². The molecule has 0 atom stereocenters. The van der Waals surface area contributed by atoms with Crippen LogP contribution in [0.4, 0.5) is 5.82 Å². The highest BCUT2D eigenvalue weighted by Crippen LogP contribution is 2.25. The third kappa shape index (κ3) is 3.11. The van der Waals surface area contributed by atoms with Crippen molar-refractivity contribution in [1.29, 1.82) is 0 Å².